The maximum absolute atomic E-state index is 12.4. The van der Waals surface area contributed by atoms with E-state index in [1.54, 1.807) is 30.3 Å². The molecule has 3 aromatic carbocycles. The molecule has 3 rings (SSSR count). The highest BCUT2D eigenvalue weighted by Crippen LogP contribution is 2.17. The Morgan fingerprint density at radius 2 is 1.61 bits per heavy atom. The third-order valence-electron chi connectivity index (χ3n) is 4.11. The number of benzene rings is 3. The van der Waals surface area contributed by atoms with Gasteiger partial charge in [-0.05, 0) is 55.0 Å². The van der Waals surface area contributed by atoms with E-state index >= 15 is 0 Å². The number of carbonyl (C=O) groups is 2. The predicted molar refractivity (Wildman–Crippen MR) is 116 cm³/mol. The second-order valence-corrected chi connectivity index (χ2v) is 8.29. The number of sulfonamides is 1. The van der Waals surface area contributed by atoms with Crippen LogP contribution in [0.2, 0.25) is 0 Å². The highest BCUT2D eigenvalue weighted by atomic mass is 32.2. The van der Waals surface area contributed by atoms with E-state index in [2.05, 4.69) is 15.6 Å². The first-order chi connectivity index (χ1) is 14.8. The highest BCUT2D eigenvalue weighted by Gasteiger charge is 2.15. The lowest BCUT2D eigenvalue weighted by atomic mass is 10.2. The summed E-state index contributed by atoms with van der Waals surface area (Å²) in [5, 5.41) is 0. The molecule has 0 atom stereocenters. The Morgan fingerprint density at radius 1 is 0.871 bits per heavy atom. The van der Waals surface area contributed by atoms with Crippen LogP contribution in [0, 0.1) is 6.92 Å². The van der Waals surface area contributed by atoms with Gasteiger partial charge >= 0.3 is 0 Å². The van der Waals surface area contributed by atoms with Crippen molar-refractivity contribution < 1.29 is 22.7 Å². The lowest BCUT2D eigenvalue weighted by Crippen LogP contribution is -2.43. The molecule has 0 bridgehead atoms. The first-order valence-electron chi connectivity index (χ1n) is 9.30. The van der Waals surface area contributed by atoms with Crippen LogP contribution in [0.4, 0.5) is 5.69 Å². The van der Waals surface area contributed by atoms with Gasteiger partial charge in [-0.1, -0.05) is 36.4 Å². The largest absolute Gasteiger partial charge is 0.484 e. The molecule has 0 aromatic heterocycles. The van der Waals surface area contributed by atoms with Crippen molar-refractivity contribution in [1.82, 2.24) is 10.9 Å². The molecule has 0 aliphatic carbocycles. The Morgan fingerprint density at radius 3 is 2.35 bits per heavy atom. The maximum atomic E-state index is 12.4. The van der Waals surface area contributed by atoms with Crippen LogP contribution >= 0.6 is 0 Å². The molecule has 0 spiro atoms. The summed E-state index contributed by atoms with van der Waals surface area (Å²) in [4.78, 5) is 24.3. The number of aryl methyl sites for hydroxylation is 1. The van der Waals surface area contributed by atoms with Crippen LogP contribution in [0.3, 0.4) is 0 Å². The van der Waals surface area contributed by atoms with Gasteiger partial charge in [-0.3, -0.25) is 25.2 Å². The molecular formula is C22H21N3O5S. The van der Waals surface area contributed by atoms with E-state index in [0.29, 0.717) is 5.75 Å². The molecule has 0 radical (unpaired) electrons. The molecule has 9 heteroatoms. The summed E-state index contributed by atoms with van der Waals surface area (Å²) >= 11 is 0. The smallest absolute Gasteiger partial charge is 0.276 e. The molecule has 0 aliphatic rings. The third kappa shape index (κ3) is 6.31. The molecule has 2 amide bonds. The standard InChI is InChI=1S/C22H21N3O5S/c1-16-7-5-10-19(13-16)30-15-21(26)23-24-22(27)17-8-6-9-18(14-17)25-31(28,29)20-11-3-2-4-12-20/h2-14,25H,15H2,1H3,(H,23,26)(H,24,27). The fourth-order valence-electron chi connectivity index (χ4n) is 2.63. The molecule has 3 aromatic rings. The van der Waals surface area contributed by atoms with Crippen LogP contribution in [-0.2, 0) is 14.8 Å². The average molecular weight is 439 g/mol. The lowest BCUT2D eigenvalue weighted by molar-refractivity contribution is -0.123. The molecule has 160 valence electrons. The van der Waals surface area contributed by atoms with Gasteiger partial charge in [-0.25, -0.2) is 8.42 Å². The van der Waals surface area contributed by atoms with Gasteiger partial charge in [0.05, 0.1) is 4.90 Å². The highest BCUT2D eigenvalue weighted by molar-refractivity contribution is 7.92. The number of nitrogens with one attached hydrogen (secondary N) is 3. The number of rotatable bonds is 7. The van der Waals surface area contributed by atoms with Gasteiger partial charge in [-0.2, -0.15) is 0 Å². The SMILES string of the molecule is Cc1cccc(OCC(=O)NNC(=O)c2cccc(NS(=O)(=O)c3ccccc3)c2)c1. The fourth-order valence-corrected chi connectivity index (χ4v) is 3.70. The molecule has 3 N–H and O–H groups in total. The summed E-state index contributed by atoms with van der Waals surface area (Å²) in [6.07, 6.45) is 0. The first-order valence-corrected chi connectivity index (χ1v) is 10.8. The number of ether oxygens (including phenoxy) is 1. The second kappa shape index (κ2) is 9.77. The minimum absolute atomic E-state index is 0.103. The van der Waals surface area contributed by atoms with Crippen LogP contribution < -0.4 is 20.3 Å². The lowest BCUT2D eigenvalue weighted by Gasteiger charge is -2.11. The van der Waals surface area contributed by atoms with E-state index in [9.17, 15) is 18.0 Å². The van der Waals surface area contributed by atoms with Crippen molar-refractivity contribution in [2.75, 3.05) is 11.3 Å². The summed E-state index contributed by atoms with van der Waals surface area (Å²) in [7, 11) is -3.79. The molecule has 31 heavy (non-hydrogen) atoms. The number of hydrazine groups is 1. The molecular weight excluding hydrogens is 418 g/mol. The monoisotopic (exact) mass is 439 g/mol. The first kappa shape index (κ1) is 21.8. The van der Waals surface area contributed by atoms with Crippen molar-refractivity contribution in [2.45, 2.75) is 11.8 Å². The number of amides is 2. The normalized spacial score (nSPS) is 10.7. The van der Waals surface area contributed by atoms with E-state index in [1.165, 1.54) is 36.4 Å². The molecule has 0 aliphatic heterocycles. The van der Waals surface area contributed by atoms with E-state index in [-0.39, 0.29) is 22.8 Å². The van der Waals surface area contributed by atoms with Crippen molar-refractivity contribution in [3.63, 3.8) is 0 Å². The van der Waals surface area contributed by atoms with Crippen molar-refractivity contribution in [3.8, 4) is 5.75 Å². The minimum atomic E-state index is -3.79. The zero-order valence-electron chi connectivity index (χ0n) is 16.7. The quantitative estimate of drug-likeness (QED) is 0.490. The van der Waals surface area contributed by atoms with Crippen molar-refractivity contribution in [2.24, 2.45) is 0 Å². The van der Waals surface area contributed by atoms with Gasteiger partial charge in [0.15, 0.2) is 6.61 Å². The van der Waals surface area contributed by atoms with E-state index in [0.717, 1.165) is 5.56 Å². The Balaban J connectivity index is 1.55. The predicted octanol–water partition coefficient (Wildman–Crippen LogP) is 2.64. The maximum Gasteiger partial charge on any atom is 0.276 e. The van der Waals surface area contributed by atoms with Crippen LogP contribution in [0.25, 0.3) is 0 Å². The second-order valence-electron chi connectivity index (χ2n) is 6.61. The fraction of sp³-hybridized carbons (Fsp3) is 0.0909. The molecule has 8 nitrogen and oxygen atoms in total. The summed E-state index contributed by atoms with van der Waals surface area (Å²) < 4.78 is 32.6. The van der Waals surface area contributed by atoms with Gasteiger partial charge in [0.1, 0.15) is 5.75 Å². The molecule has 0 unspecified atom stereocenters. The molecule has 0 heterocycles. The van der Waals surface area contributed by atoms with Gasteiger partial charge < -0.3 is 4.74 Å². The molecule has 0 saturated carbocycles. The Hall–Kier alpha value is -3.85. The van der Waals surface area contributed by atoms with E-state index in [1.807, 2.05) is 19.1 Å². The number of hydrogen-bond acceptors (Lipinski definition) is 5. The van der Waals surface area contributed by atoms with Crippen LogP contribution in [0.5, 0.6) is 5.75 Å². The Bertz CT molecular complexity index is 1180. The molecule has 0 fully saturated rings. The topological polar surface area (TPSA) is 114 Å². The number of hydrogen-bond donors (Lipinski definition) is 3. The van der Waals surface area contributed by atoms with Crippen molar-refractivity contribution >= 4 is 27.5 Å². The number of anilines is 1. The van der Waals surface area contributed by atoms with Gasteiger partial charge in [0.25, 0.3) is 21.8 Å². The van der Waals surface area contributed by atoms with Crippen LogP contribution in [-0.4, -0.2) is 26.8 Å². The summed E-state index contributed by atoms with van der Waals surface area (Å²) in [5.41, 5.74) is 5.90. The third-order valence-corrected chi connectivity index (χ3v) is 5.50. The zero-order valence-corrected chi connectivity index (χ0v) is 17.5. The van der Waals surface area contributed by atoms with Crippen LogP contribution in [0.15, 0.2) is 83.8 Å². The minimum Gasteiger partial charge on any atom is -0.484 e. The van der Waals surface area contributed by atoms with E-state index < -0.39 is 21.8 Å². The number of carbonyl (C=O) groups excluding carboxylic acids is 2. The Labute approximate surface area is 180 Å². The van der Waals surface area contributed by atoms with Gasteiger partial charge in [0.2, 0.25) is 0 Å². The summed E-state index contributed by atoms with van der Waals surface area (Å²) in [5.74, 6) is -0.611. The van der Waals surface area contributed by atoms with Crippen molar-refractivity contribution in [3.05, 3.63) is 90.0 Å². The van der Waals surface area contributed by atoms with Crippen LogP contribution in [0.1, 0.15) is 15.9 Å². The summed E-state index contributed by atoms with van der Waals surface area (Å²) in [6.45, 7) is 1.63. The van der Waals surface area contributed by atoms with Gasteiger partial charge in [-0.15, -0.1) is 0 Å². The zero-order chi connectivity index (χ0) is 22.3. The summed E-state index contributed by atoms with van der Waals surface area (Å²) in [6, 6.07) is 21.0. The van der Waals surface area contributed by atoms with Gasteiger partial charge in [0, 0.05) is 11.3 Å². The van der Waals surface area contributed by atoms with Crippen molar-refractivity contribution in [1.29, 1.82) is 0 Å². The average Bonchev–Trinajstić information content (AvgIpc) is 2.76. The Kier molecular flexibility index (Phi) is 6.88. The molecule has 0 saturated heterocycles. The van der Waals surface area contributed by atoms with E-state index in [4.69, 9.17) is 4.74 Å².